The fourth-order valence-electron chi connectivity index (χ4n) is 4.17. The van der Waals surface area contributed by atoms with Crippen molar-refractivity contribution in [3.8, 4) is 0 Å². The molecule has 0 amide bonds. The summed E-state index contributed by atoms with van der Waals surface area (Å²) in [6.07, 6.45) is 18.5. The second kappa shape index (κ2) is 13.2. The van der Waals surface area contributed by atoms with Gasteiger partial charge in [0.1, 0.15) is 6.54 Å². The molecule has 0 saturated carbocycles. The van der Waals surface area contributed by atoms with Crippen LogP contribution in [0.2, 0.25) is 0 Å². The number of aromatic nitrogens is 1. The molecule has 34 heavy (non-hydrogen) atoms. The first-order valence-corrected chi connectivity index (χ1v) is 13.9. The van der Waals surface area contributed by atoms with Crippen LogP contribution in [0.4, 0.5) is 0 Å². The molecule has 0 saturated heterocycles. The number of benzene rings is 2. The summed E-state index contributed by atoms with van der Waals surface area (Å²) in [6, 6.07) is 16.8. The third kappa shape index (κ3) is 7.66. The van der Waals surface area contributed by atoms with Crippen molar-refractivity contribution in [1.82, 2.24) is 0 Å². The van der Waals surface area contributed by atoms with Crippen molar-refractivity contribution in [1.29, 1.82) is 0 Å². The normalized spacial score (nSPS) is 13.7. The zero-order chi connectivity index (χ0) is 24.2. The first-order chi connectivity index (χ1) is 16.5. The van der Waals surface area contributed by atoms with Gasteiger partial charge < -0.3 is 5.11 Å². The van der Waals surface area contributed by atoms with Gasteiger partial charge in [0.15, 0.2) is 12.4 Å². The minimum absolute atomic E-state index is 0.00926. The van der Waals surface area contributed by atoms with Crippen molar-refractivity contribution < 1.29 is 18.1 Å². The maximum atomic E-state index is 11.1. The van der Waals surface area contributed by atoms with Gasteiger partial charge in [0.05, 0.1) is 4.90 Å². The summed E-state index contributed by atoms with van der Waals surface area (Å²) in [5, 5.41) is 13.6. The number of nitrogens with zero attached hydrogens (tertiary/aromatic N) is 2. The van der Waals surface area contributed by atoms with E-state index in [1.807, 2.05) is 0 Å². The van der Waals surface area contributed by atoms with Gasteiger partial charge in [-0.1, -0.05) is 94.7 Å². The lowest BCUT2D eigenvalue weighted by Crippen LogP contribution is -2.32. The van der Waals surface area contributed by atoms with Crippen LogP contribution in [0.25, 0.3) is 10.8 Å². The Morgan fingerprint density at radius 1 is 0.765 bits per heavy atom. The maximum absolute atomic E-state index is 11.1. The molecule has 5 nitrogen and oxygen atoms in total. The number of aryl methyl sites for hydroxylation is 1. The van der Waals surface area contributed by atoms with Crippen molar-refractivity contribution in [2.24, 2.45) is 4.40 Å². The highest BCUT2D eigenvalue weighted by Gasteiger charge is 2.22. The fourth-order valence-corrected chi connectivity index (χ4v) is 5.27. The minimum Gasteiger partial charge on any atom is -0.858 e. The molecule has 1 aromatic heterocycles. The topological polar surface area (TPSA) is 73.4 Å². The first kappa shape index (κ1) is 25.9. The molecule has 6 heteroatoms. The number of fused-ring (bicyclic) bond motifs is 2. The van der Waals surface area contributed by atoms with E-state index in [4.69, 9.17) is 0 Å². The summed E-state index contributed by atoms with van der Waals surface area (Å²) < 4.78 is 27.5. The van der Waals surface area contributed by atoms with Crippen molar-refractivity contribution in [2.75, 3.05) is 0 Å². The van der Waals surface area contributed by atoms with E-state index >= 15 is 0 Å². The van der Waals surface area contributed by atoms with Gasteiger partial charge in [-0.05, 0) is 23.9 Å². The Morgan fingerprint density at radius 3 is 2.03 bits per heavy atom. The SMILES string of the molecule is CCCCCCCCCCCC[n+]1ccc2ccccc2c1.O=S1(=O)N=C([O-])c2ccccc21. The number of pyridine rings is 1. The van der Waals surface area contributed by atoms with E-state index in [2.05, 4.69) is 58.6 Å². The molecule has 0 unspecified atom stereocenters. The van der Waals surface area contributed by atoms with E-state index in [0.717, 1.165) is 6.54 Å². The molecule has 0 spiro atoms. The Morgan fingerprint density at radius 2 is 1.35 bits per heavy atom. The van der Waals surface area contributed by atoms with E-state index in [1.54, 1.807) is 12.1 Å². The average Bonchev–Trinajstić information content (AvgIpc) is 3.09. The standard InChI is InChI=1S/C21H32N.C7H5NO3S/c1-2-3-4-5-6-7-8-9-10-13-17-22-18-16-20-14-11-12-15-21(20)19-22;9-7-5-3-1-2-4-6(5)12(10,11)8-7/h11-12,14-16,18-19H,2-10,13,17H2,1H3;1-4H,(H,8,9)/q+1;/p-1. The summed E-state index contributed by atoms with van der Waals surface area (Å²) >= 11 is 0. The van der Waals surface area contributed by atoms with Crippen LogP contribution in [0.15, 0.2) is 76.3 Å². The maximum Gasteiger partial charge on any atom is 0.282 e. The Hall–Kier alpha value is -2.73. The summed E-state index contributed by atoms with van der Waals surface area (Å²) in [7, 11) is -3.68. The Balaban J connectivity index is 0.000000226. The van der Waals surface area contributed by atoms with Gasteiger partial charge in [-0.15, -0.1) is 0 Å². The van der Waals surface area contributed by atoms with Gasteiger partial charge >= 0.3 is 0 Å². The van der Waals surface area contributed by atoms with Crippen LogP contribution in [0.1, 0.15) is 76.7 Å². The highest BCUT2D eigenvalue weighted by atomic mass is 32.2. The molecule has 0 N–H and O–H groups in total. The smallest absolute Gasteiger partial charge is 0.282 e. The predicted molar refractivity (Wildman–Crippen MR) is 136 cm³/mol. The average molecular weight is 481 g/mol. The van der Waals surface area contributed by atoms with Gasteiger partial charge in [-0.3, -0.25) is 0 Å². The fraction of sp³-hybridized carbons (Fsp3) is 0.429. The van der Waals surface area contributed by atoms with Gasteiger partial charge in [-0.2, -0.15) is 12.8 Å². The second-order valence-corrected chi connectivity index (χ2v) is 10.4. The summed E-state index contributed by atoms with van der Waals surface area (Å²) in [5.74, 6) is -0.675. The van der Waals surface area contributed by atoms with Crippen LogP contribution >= 0.6 is 0 Å². The number of hydrogen-bond acceptors (Lipinski definition) is 3. The molecule has 0 radical (unpaired) electrons. The molecule has 1 aliphatic rings. The Labute approximate surface area is 204 Å². The van der Waals surface area contributed by atoms with E-state index in [0.29, 0.717) is 0 Å². The third-order valence-electron chi connectivity index (χ3n) is 6.11. The molecule has 2 aromatic carbocycles. The van der Waals surface area contributed by atoms with Crippen LogP contribution < -0.4 is 9.67 Å². The molecule has 182 valence electrons. The first-order valence-electron chi connectivity index (χ1n) is 12.5. The lowest BCUT2D eigenvalue weighted by atomic mass is 10.1. The molecule has 2 heterocycles. The van der Waals surface area contributed by atoms with Crippen molar-refractivity contribution in [3.05, 3.63) is 72.6 Å². The number of sulfonamides is 1. The van der Waals surface area contributed by atoms with E-state index in [9.17, 15) is 13.5 Å². The van der Waals surface area contributed by atoms with Crippen LogP contribution in [0.5, 0.6) is 0 Å². The van der Waals surface area contributed by atoms with Crippen LogP contribution in [0, 0.1) is 0 Å². The number of rotatable bonds is 11. The molecule has 0 aliphatic carbocycles. The second-order valence-electron chi connectivity index (χ2n) is 8.86. The predicted octanol–water partition coefficient (Wildman–Crippen LogP) is 5.54. The van der Waals surface area contributed by atoms with E-state index < -0.39 is 15.9 Å². The molecule has 4 rings (SSSR count). The highest BCUT2D eigenvalue weighted by molar-refractivity contribution is 7.90. The quantitative estimate of drug-likeness (QED) is 0.267. The molecule has 0 fully saturated rings. The number of unbranched alkanes of at least 4 members (excludes halogenated alkanes) is 9. The summed E-state index contributed by atoms with van der Waals surface area (Å²) in [6.45, 7) is 3.44. The lowest BCUT2D eigenvalue weighted by molar-refractivity contribution is -0.696. The molecule has 0 atom stereocenters. The zero-order valence-electron chi connectivity index (χ0n) is 20.2. The number of hydrogen-bond donors (Lipinski definition) is 0. The molecule has 3 aromatic rings. The van der Waals surface area contributed by atoms with Crippen LogP contribution in [-0.2, 0) is 16.6 Å². The van der Waals surface area contributed by atoms with Crippen molar-refractivity contribution >= 4 is 26.7 Å². The zero-order valence-corrected chi connectivity index (χ0v) is 21.0. The molecule has 1 aliphatic heterocycles. The van der Waals surface area contributed by atoms with E-state index in [-0.39, 0.29) is 10.5 Å². The third-order valence-corrected chi connectivity index (χ3v) is 7.43. The summed E-state index contributed by atoms with van der Waals surface area (Å²) in [5.41, 5.74) is 0.164. The molecule has 0 bridgehead atoms. The summed E-state index contributed by atoms with van der Waals surface area (Å²) in [4.78, 5) is 0.00926. The van der Waals surface area contributed by atoms with Crippen LogP contribution in [-0.4, -0.2) is 14.3 Å². The molecular weight excluding hydrogens is 444 g/mol. The lowest BCUT2D eigenvalue weighted by Gasteiger charge is -2.02. The van der Waals surface area contributed by atoms with Gasteiger partial charge in [0.2, 0.25) is 0 Å². The highest BCUT2D eigenvalue weighted by Crippen LogP contribution is 2.23. The van der Waals surface area contributed by atoms with Gasteiger partial charge in [0, 0.05) is 29.3 Å². The minimum atomic E-state index is -3.68. The van der Waals surface area contributed by atoms with Gasteiger partial charge in [-0.25, -0.2) is 4.57 Å². The van der Waals surface area contributed by atoms with Crippen molar-refractivity contribution in [2.45, 2.75) is 82.6 Å². The Kier molecular flexibility index (Phi) is 10.1. The van der Waals surface area contributed by atoms with E-state index in [1.165, 1.54) is 87.1 Å². The Bertz CT molecular complexity index is 1190. The molecular formula is C28H36N2O3S. The van der Waals surface area contributed by atoms with Crippen molar-refractivity contribution in [3.63, 3.8) is 0 Å². The largest absolute Gasteiger partial charge is 0.858 e. The van der Waals surface area contributed by atoms with Crippen LogP contribution in [0.3, 0.4) is 0 Å². The van der Waals surface area contributed by atoms with Gasteiger partial charge in [0.25, 0.3) is 10.0 Å². The monoisotopic (exact) mass is 480 g/mol.